The number of amides is 2. The molecule has 0 saturated carbocycles. The number of halogens is 1. The average Bonchev–Trinajstić information content (AvgIpc) is 2.46. The Bertz CT molecular complexity index is 552. The summed E-state index contributed by atoms with van der Waals surface area (Å²) in [5, 5.41) is 13.9. The Balaban J connectivity index is 0.00000441. The van der Waals surface area contributed by atoms with Gasteiger partial charge in [0.1, 0.15) is 6.04 Å². The predicted octanol–water partition coefficient (Wildman–Crippen LogP) is 1.41. The largest absolute Gasteiger partial charge is 0.343 e. The second kappa shape index (κ2) is 9.03. The molecule has 0 fully saturated rings. The van der Waals surface area contributed by atoms with Crippen LogP contribution in [0.2, 0.25) is 0 Å². The first kappa shape index (κ1) is 19.9. The lowest BCUT2D eigenvalue weighted by molar-refractivity contribution is -0.127. The zero-order valence-electron chi connectivity index (χ0n) is 12.8. The molecule has 2 atom stereocenters. The highest BCUT2D eigenvalue weighted by molar-refractivity contribution is 5.97. The highest BCUT2D eigenvalue weighted by Gasteiger charge is 2.22. The summed E-state index contributed by atoms with van der Waals surface area (Å²) in [6, 6.07) is 7.13. The summed E-state index contributed by atoms with van der Waals surface area (Å²) in [5.74, 6) is -0.699. The van der Waals surface area contributed by atoms with Crippen LogP contribution in [-0.4, -0.2) is 23.9 Å². The molecule has 22 heavy (non-hydrogen) atoms. The third-order valence-electron chi connectivity index (χ3n) is 3.05. The quantitative estimate of drug-likeness (QED) is 0.760. The van der Waals surface area contributed by atoms with Gasteiger partial charge in [0.05, 0.1) is 17.7 Å². The monoisotopic (exact) mass is 324 g/mol. The van der Waals surface area contributed by atoms with Crippen LogP contribution in [0.3, 0.4) is 0 Å². The minimum Gasteiger partial charge on any atom is -0.343 e. The molecule has 0 bridgehead atoms. The number of nitrogens with two attached hydrogens (primary N) is 1. The first-order valence-corrected chi connectivity index (χ1v) is 6.72. The lowest BCUT2D eigenvalue weighted by Gasteiger charge is -2.19. The molecule has 2 amide bonds. The Morgan fingerprint density at radius 1 is 1.14 bits per heavy atom. The van der Waals surface area contributed by atoms with Crippen LogP contribution in [0.5, 0.6) is 0 Å². The number of nitriles is 1. The van der Waals surface area contributed by atoms with Crippen LogP contribution < -0.4 is 16.4 Å². The van der Waals surface area contributed by atoms with Gasteiger partial charge in [-0.3, -0.25) is 9.59 Å². The van der Waals surface area contributed by atoms with Crippen LogP contribution in [0.1, 0.15) is 26.3 Å². The second-order valence-electron chi connectivity index (χ2n) is 5.18. The first-order chi connectivity index (χ1) is 9.85. The molecule has 1 aromatic rings. The van der Waals surface area contributed by atoms with Gasteiger partial charge in [-0.05, 0) is 37.1 Å². The number of anilines is 1. The van der Waals surface area contributed by atoms with Gasteiger partial charge in [0.2, 0.25) is 11.8 Å². The maximum Gasteiger partial charge on any atom is 0.246 e. The van der Waals surface area contributed by atoms with Crippen LogP contribution >= 0.6 is 12.4 Å². The van der Waals surface area contributed by atoms with Crippen LogP contribution in [0.15, 0.2) is 24.3 Å². The van der Waals surface area contributed by atoms with E-state index in [0.717, 1.165) is 0 Å². The van der Waals surface area contributed by atoms with Crippen molar-refractivity contribution in [2.24, 2.45) is 11.7 Å². The highest BCUT2D eigenvalue weighted by Crippen LogP contribution is 2.09. The molecule has 0 spiro atoms. The van der Waals surface area contributed by atoms with Gasteiger partial charge in [-0.1, -0.05) is 13.8 Å². The molecule has 120 valence electrons. The third kappa shape index (κ3) is 5.72. The normalized spacial score (nSPS) is 12.5. The van der Waals surface area contributed by atoms with Crippen LogP contribution in [0.4, 0.5) is 5.69 Å². The topological polar surface area (TPSA) is 108 Å². The highest BCUT2D eigenvalue weighted by atomic mass is 35.5. The van der Waals surface area contributed by atoms with Crippen molar-refractivity contribution in [2.45, 2.75) is 32.9 Å². The molecule has 0 aromatic heterocycles. The summed E-state index contributed by atoms with van der Waals surface area (Å²) in [4.78, 5) is 23.7. The van der Waals surface area contributed by atoms with Crippen molar-refractivity contribution in [3.05, 3.63) is 29.8 Å². The van der Waals surface area contributed by atoms with Gasteiger partial charge in [-0.25, -0.2) is 0 Å². The number of carbonyl (C=O) groups excluding carboxylic acids is 2. The molecule has 0 aliphatic heterocycles. The minimum absolute atomic E-state index is 0. The number of rotatable bonds is 5. The molecule has 0 radical (unpaired) electrons. The summed E-state index contributed by atoms with van der Waals surface area (Å²) >= 11 is 0. The van der Waals surface area contributed by atoms with Gasteiger partial charge >= 0.3 is 0 Å². The van der Waals surface area contributed by atoms with E-state index in [4.69, 9.17) is 11.0 Å². The Morgan fingerprint density at radius 2 is 1.68 bits per heavy atom. The van der Waals surface area contributed by atoms with Crippen molar-refractivity contribution in [2.75, 3.05) is 5.32 Å². The SMILES string of the molecule is CC(C)[C@H](N)C(=O)N[C@@H](C)C(=O)Nc1ccc(C#N)cc1.Cl. The van der Waals surface area contributed by atoms with Crippen molar-refractivity contribution in [1.29, 1.82) is 5.26 Å². The molecule has 0 aliphatic rings. The zero-order chi connectivity index (χ0) is 16.0. The van der Waals surface area contributed by atoms with Crippen molar-refractivity contribution >= 4 is 29.9 Å². The van der Waals surface area contributed by atoms with Gasteiger partial charge in [-0.2, -0.15) is 5.26 Å². The molecular formula is C15H21ClN4O2. The van der Waals surface area contributed by atoms with E-state index in [1.54, 1.807) is 31.2 Å². The lowest BCUT2D eigenvalue weighted by atomic mass is 10.0. The fourth-order valence-electron chi connectivity index (χ4n) is 1.56. The van der Waals surface area contributed by atoms with Gasteiger partial charge in [-0.15, -0.1) is 12.4 Å². The Labute approximate surface area is 136 Å². The van der Waals surface area contributed by atoms with E-state index in [1.165, 1.54) is 0 Å². The summed E-state index contributed by atoms with van der Waals surface area (Å²) in [6.07, 6.45) is 0. The molecule has 0 aliphatic carbocycles. The molecule has 0 unspecified atom stereocenters. The maximum absolute atomic E-state index is 12.0. The summed E-state index contributed by atoms with van der Waals surface area (Å²) < 4.78 is 0. The lowest BCUT2D eigenvalue weighted by Crippen LogP contribution is -2.50. The Hall–Kier alpha value is -2.10. The molecule has 6 nitrogen and oxygen atoms in total. The number of benzene rings is 1. The van der Waals surface area contributed by atoms with E-state index in [0.29, 0.717) is 11.3 Å². The van der Waals surface area contributed by atoms with Gasteiger partial charge in [0.15, 0.2) is 0 Å². The summed E-state index contributed by atoms with van der Waals surface area (Å²) in [5.41, 5.74) is 6.79. The molecule has 1 rings (SSSR count). The Kier molecular flexibility index (Phi) is 8.17. The second-order valence-corrected chi connectivity index (χ2v) is 5.18. The van der Waals surface area contributed by atoms with E-state index in [-0.39, 0.29) is 30.1 Å². The van der Waals surface area contributed by atoms with Crippen molar-refractivity contribution in [3.8, 4) is 6.07 Å². The first-order valence-electron chi connectivity index (χ1n) is 6.72. The van der Waals surface area contributed by atoms with Crippen molar-refractivity contribution < 1.29 is 9.59 Å². The zero-order valence-corrected chi connectivity index (χ0v) is 13.6. The maximum atomic E-state index is 12.0. The molecule has 0 heterocycles. The van der Waals surface area contributed by atoms with E-state index >= 15 is 0 Å². The van der Waals surface area contributed by atoms with Crippen LogP contribution in [0, 0.1) is 17.2 Å². The smallest absolute Gasteiger partial charge is 0.246 e. The predicted molar refractivity (Wildman–Crippen MR) is 87.5 cm³/mol. The molecule has 4 N–H and O–H groups in total. The fraction of sp³-hybridized carbons (Fsp3) is 0.400. The van der Waals surface area contributed by atoms with Gasteiger partial charge in [0, 0.05) is 5.69 Å². The van der Waals surface area contributed by atoms with Crippen molar-refractivity contribution in [3.63, 3.8) is 0 Å². The number of carbonyl (C=O) groups is 2. The van der Waals surface area contributed by atoms with E-state index in [1.807, 2.05) is 19.9 Å². The van der Waals surface area contributed by atoms with Crippen molar-refractivity contribution in [1.82, 2.24) is 5.32 Å². The fourth-order valence-corrected chi connectivity index (χ4v) is 1.56. The minimum atomic E-state index is -0.696. The van der Waals surface area contributed by atoms with Crippen LogP contribution in [0.25, 0.3) is 0 Å². The standard InChI is InChI=1S/C15H20N4O2.ClH/c1-9(2)13(17)15(21)18-10(3)14(20)19-12-6-4-11(8-16)5-7-12;/h4-7,9-10,13H,17H2,1-3H3,(H,18,21)(H,19,20);1H/t10-,13-;/m0./s1. The Morgan fingerprint density at radius 3 is 2.14 bits per heavy atom. The number of nitrogens with one attached hydrogen (secondary N) is 2. The van der Waals surface area contributed by atoms with Gasteiger partial charge in [0.25, 0.3) is 0 Å². The van der Waals surface area contributed by atoms with E-state index < -0.39 is 12.1 Å². The number of nitrogens with zero attached hydrogens (tertiary/aromatic N) is 1. The number of hydrogen-bond donors (Lipinski definition) is 3. The number of hydrogen-bond acceptors (Lipinski definition) is 4. The molecule has 7 heteroatoms. The molecule has 1 aromatic carbocycles. The molecule has 0 saturated heterocycles. The van der Waals surface area contributed by atoms with E-state index in [2.05, 4.69) is 10.6 Å². The third-order valence-corrected chi connectivity index (χ3v) is 3.05. The molecular weight excluding hydrogens is 304 g/mol. The average molecular weight is 325 g/mol. The van der Waals surface area contributed by atoms with Gasteiger partial charge < -0.3 is 16.4 Å². The summed E-state index contributed by atoms with van der Waals surface area (Å²) in [6.45, 7) is 5.27. The van der Waals surface area contributed by atoms with Crippen LogP contribution in [-0.2, 0) is 9.59 Å². The van der Waals surface area contributed by atoms with E-state index in [9.17, 15) is 9.59 Å². The summed E-state index contributed by atoms with van der Waals surface area (Å²) in [7, 11) is 0.